The molecule has 0 bridgehead atoms. The van der Waals surface area contributed by atoms with Crippen LogP contribution < -0.4 is 0 Å². The van der Waals surface area contributed by atoms with Crippen molar-refractivity contribution in [2.24, 2.45) is 0 Å². The average molecular weight is 168 g/mol. The standard InChI is InChI=1S/C4H8O5S/c5-3-4(6)1-2-10(7,8)9/h5H,1-3H2,(H,7,8,9). The first-order valence-electron chi connectivity index (χ1n) is 2.53. The van der Waals surface area contributed by atoms with Crippen LogP contribution in [0.2, 0.25) is 0 Å². The lowest BCUT2D eigenvalue weighted by atomic mass is 10.3. The van der Waals surface area contributed by atoms with Crippen molar-refractivity contribution < 1.29 is 22.9 Å². The number of aliphatic hydroxyl groups is 1. The Balaban J connectivity index is 3.67. The zero-order valence-electron chi connectivity index (χ0n) is 5.15. The summed E-state index contributed by atoms with van der Waals surface area (Å²) in [5, 5.41) is 8.11. The van der Waals surface area contributed by atoms with Crippen LogP contribution >= 0.6 is 0 Å². The second-order valence-corrected chi connectivity index (χ2v) is 3.30. The van der Waals surface area contributed by atoms with Crippen LogP contribution in [0.5, 0.6) is 0 Å². The molecule has 0 amide bonds. The Morgan fingerprint density at radius 2 is 1.90 bits per heavy atom. The smallest absolute Gasteiger partial charge is 0.265 e. The van der Waals surface area contributed by atoms with E-state index in [1.54, 1.807) is 0 Å². The number of hydrogen-bond acceptors (Lipinski definition) is 4. The third-order valence-electron chi connectivity index (χ3n) is 0.815. The van der Waals surface area contributed by atoms with Crippen LogP contribution in [0.15, 0.2) is 0 Å². The Labute approximate surface area is 58.4 Å². The van der Waals surface area contributed by atoms with Crippen molar-refractivity contribution in [1.29, 1.82) is 0 Å². The second kappa shape index (κ2) is 3.65. The van der Waals surface area contributed by atoms with Crippen LogP contribution in [-0.4, -0.2) is 36.2 Å². The van der Waals surface area contributed by atoms with Gasteiger partial charge in [0.05, 0.1) is 5.75 Å². The molecule has 0 saturated carbocycles. The van der Waals surface area contributed by atoms with Crippen molar-refractivity contribution in [1.82, 2.24) is 0 Å². The molecule has 0 aliphatic carbocycles. The average Bonchev–Trinajstić information content (AvgIpc) is 1.81. The summed E-state index contributed by atoms with van der Waals surface area (Å²) in [5.74, 6) is -1.22. The van der Waals surface area contributed by atoms with E-state index >= 15 is 0 Å². The molecular weight excluding hydrogens is 160 g/mol. The SMILES string of the molecule is O=C(CO)CCS(=O)(=O)O. The van der Waals surface area contributed by atoms with Gasteiger partial charge >= 0.3 is 0 Å². The Morgan fingerprint density at radius 1 is 1.40 bits per heavy atom. The summed E-state index contributed by atoms with van der Waals surface area (Å²) in [4.78, 5) is 10.2. The Kier molecular flexibility index (Phi) is 3.48. The summed E-state index contributed by atoms with van der Waals surface area (Å²) in [6.07, 6.45) is -0.338. The van der Waals surface area contributed by atoms with Gasteiger partial charge in [-0.1, -0.05) is 0 Å². The van der Waals surface area contributed by atoms with Gasteiger partial charge in [0.1, 0.15) is 6.61 Å². The summed E-state index contributed by atoms with van der Waals surface area (Å²) < 4.78 is 28.0. The molecule has 5 nitrogen and oxygen atoms in total. The van der Waals surface area contributed by atoms with Gasteiger partial charge in [-0.3, -0.25) is 9.35 Å². The van der Waals surface area contributed by atoms with Gasteiger partial charge in [-0.2, -0.15) is 8.42 Å². The molecule has 10 heavy (non-hydrogen) atoms. The number of ketones is 1. The number of Topliss-reactive ketones (excluding diaryl/α,β-unsaturated/α-hetero) is 1. The molecule has 0 aliphatic heterocycles. The zero-order chi connectivity index (χ0) is 8.20. The molecular formula is C4H8O5S. The minimum atomic E-state index is -4.06. The molecule has 0 aromatic rings. The van der Waals surface area contributed by atoms with E-state index in [1.165, 1.54) is 0 Å². The topological polar surface area (TPSA) is 91.7 Å². The molecule has 0 saturated heterocycles. The van der Waals surface area contributed by atoms with E-state index in [-0.39, 0.29) is 6.42 Å². The molecule has 0 fully saturated rings. The fraction of sp³-hybridized carbons (Fsp3) is 0.750. The lowest BCUT2D eigenvalue weighted by Crippen LogP contribution is -2.12. The second-order valence-electron chi connectivity index (χ2n) is 1.73. The minimum Gasteiger partial charge on any atom is -0.389 e. The van der Waals surface area contributed by atoms with Crippen molar-refractivity contribution in [3.8, 4) is 0 Å². The molecule has 0 rings (SSSR count). The summed E-state index contributed by atoms with van der Waals surface area (Å²) in [5.41, 5.74) is 0. The lowest BCUT2D eigenvalue weighted by molar-refractivity contribution is -0.121. The predicted octanol–water partition coefficient (Wildman–Crippen LogP) is -1.17. The molecule has 6 heteroatoms. The largest absolute Gasteiger partial charge is 0.389 e. The number of carbonyl (C=O) groups excluding carboxylic acids is 1. The van der Waals surface area contributed by atoms with Crippen molar-refractivity contribution in [3.05, 3.63) is 0 Å². The number of carbonyl (C=O) groups is 1. The van der Waals surface area contributed by atoms with E-state index in [0.29, 0.717) is 0 Å². The van der Waals surface area contributed by atoms with Gasteiger partial charge in [-0.05, 0) is 0 Å². The van der Waals surface area contributed by atoms with Crippen LogP contribution in [0.4, 0.5) is 0 Å². The molecule has 0 heterocycles. The summed E-state index contributed by atoms with van der Waals surface area (Å²) >= 11 is 0. The van der Waals surface area contributed by atoms with Crippen LogP contribution in [0.25, 0.3) is 0 Å². The van der Waals surface area contributed by atoms with Crippen LogP contribution in [0, 0.1) is 0 Å². The molecule has 60 valence electrons. The van der Waals surface area contributed by atoms with Crippen molar-refractivity contribution in [2.75, 3.05) is 12.4 Å². The number of rotatable bonds is 4. The Morgan fingerprint density at radius 3 is 2.20 bits per heavy atom. The van der Waals surface area contributed by atoms with Crippen molar-refractivity contribution >= 4 is 15.9 Å². The molecule has 0 atom stereocenters. The first-order valence-corrected chi connectivity index (χ1v) is 4.14. The van der Waals surface area contributed by atoms with Gasteiger partial charge in [0.2, 0.25) is 0 Å². The molecule has 0 aliphatic rings. The van der Waals surface area contributed by atoms with E-state index in [2.05, 4.69) is 0 Å². The molecule has 0 aromatic heterocycles. The summed E-state index contributed by atoms with van der Waals surface area (Å²) in [7, 11) is -4.06. The molecule has 2 N–H and O–H groups in total. The molecule has 0 aromatic carbocycles. The van der Waals surface area contributed by atoms with Crippen LogP contribution in [0.3, 0.4) is 0 Å². The third kappa shape index (κ3) is 5.67. The highest BCUT2D eigenvalue weighted by atomic mass is 32.2. The maximum Gasteiger partial charge on any atom is 0.265 e. The maximum absolute atomic E-state index is 10.2. The quantitative estimate of drug-likeness (QED) is 0.516. The minimum absolute atomic E-state index is 0.338. The predicted molar refractivity (Wildman–Crippen MR) is 33.1 cm³/mol. The van der Waals surface area contributed by atoms with E-state index in [9.17, 15) is 13.2 Å². The van der Waals surface area contributed by atoms with Gasteiger partial charge < -0.3 is 5.11 Å². The van der Waals surface area contributed by atoms with Crippen molar-refractivity contribution in [2.45, 2.75) is 6.42 Å². The normalized spacial score (nSPS) is 11.4. The maximum atomic E-state index is 10.2. The first-order chi connectivity index (χ1) is 4.45. The Bertz CT molecular complexity index is 204. The van der Waals surface area contributed by atoms with Crippen LogP contribution in [0.1, 0.15) is 6.42 Å². The first kappa shape index (κ1) is 9.54. The van der Waals surface area contributed by atoms with E-state index < -0.39 is 28.3 Å². The van der Waals surface area contributed by atoms with Crippen LogP contribution in [-0.2, 0) is 14.9 Å². The highest BCUT2D eigenvalue weighted by molar-refractivity contribution is 7.85. The Hall–Kier alpha value is -0.460. The third-order valence-corrected chi connectivity index (χ3v) is 1.54. The van der Waals surface area contributed by atoms with Gasteiger partial charge in [-0.25, -0.2) is 0 Å². The molecule has 0 spiro atoms. The summed E-state index contributed by atoms with van der Waals surface area (Å²) in [6.45, 7) is -0.685. The zero-order valence-corrected chi connectivity index (χ0v) is 5.97. The van der Waals surface area contributed by atoms with Gasteiger partial charge in [0, 0.05) is 6.42 Å². The van der Waals surface area contributed by atoms with E-state index in [4.69, 9.17) is 9.66 Å². The highest BCUT2D eigenvalue weighted by Gasteiger charge is 2.07. The van der Waals surface area contributed by atoms with Gasteiger partial charge in [0.15, 0.2) is 5.78 Å². The number of hydrogen-bond donors (Lipinski definition) is 2. The molecule has 0 unspecified atom stereocenters. The fourth-order valence-corrected chi connectivity index (χ4v) is 0.807. The monoisotopic (exact) mass is 168 g/mol. The molecule has 0 radical (unpaired) electrons. The fourth-order valence-electron chi connectivity index (χ4n) is 0.322. The van der Waals surface area contributed by atoms with Gasteiger partial charge in [0.25, 0.3) is 10.1 Å². The van der Waals surface area contributed by atoms with E-state index in [1.807, 2.05) is 0 Å². The van der Waals surface area contributed by atoms with E-state index in [0.717, 1.165) is 0 Å². The summed E-state index contributed by atoms with van der Waals surface area (Å²) in [6, 6.07) is 0. The number of aliphatic hydroxyl groups excluding tert-OH is 1. The van der Waals surface area contributed by atoms with Crippen molar-refractivity contribution in [3.63, 3.8) is 0 Å². The lowest BCUT2D eigenvalue weighted by Gasteiger charge is -1.92. The highest BCUT2D eigenvalue weighted by Crippen LogP contribution is 1.88. The van der Waals surface area contributed by atoms with Gasteiger partial charge in [-0.15, -0.1) is 0 Å².